The summed E-state index contributed by atoms with van der Waals surface area (Å²) >= 11 is 6.36. The molecule has 0 unspecified atom stereocenters. The van der Waals surface area contributed by atoms with E-state index in [4.69, 9.17) is 0 Å². The molecule has 0 spiro atoms. The Labute approximate surface area is 196 Å². The highest BCUT2D eigenvalue weighted by Gasteiger charge is 2.17. The lowest BCUT2D eigenvalue weighted by atomic mass is 10.2. The Hall–Kier alpha value is -2.75. The average Bonchev–Trinajstić information content (AvgIpc) is 3.47. The number of nitrogens with one attached hydrogen (secondary N) is 1. The highest BCUT2D eigenvalue weighted by Crippen LogP contribution is 2.28. The maximum absolute atomic E-state index is 12.4. The molecule has 0 aliphatic rings. The van der Waals surface area contributed by atoms with E-state index in [-0.39, 0.29) is 11.7 Å². The van der Waals surface area contributed by atoms with E-state index in [0.29, 0.717) is 11.0 Å². The number of carbonyl (C=O) groups is 1. The summed E-state index contributed by atoms with van der Waals surface area (Å²) < 4.78 is 2.95. The monoisotopic (exact) mass is 511 g/mol. The summed E-state index contributed by atoms with van der Waals surface area (Å²) in [6, 6.07) is 21.7. The maximum Gasteiger partial charge on any atom is 0.250 e. The molecule has 0 radical (unpaired) electrons. The van der Waals surface area contributed by atoms with Gasteiger partial charge in [0, 0.05) is 20.6 Å². The van der Waals surface area contributed by atoms with Crippen molar-refractivity contribution in [3.63, 3.8) is 0 Å². The van der Waals surface area contributed by atoms with Crippen molar-refractivity contribution >= 4 is 50.6 Å². The zero-order valence-corrected chi connectivity index (χ0v) is 19.7. The quantitative estimate of drug-likeness (QED) is 0.205. The van der Waals surface area contributed by atoms with Crippen LogP contribution < -0.4 is 5.43 Å². The summed E-state index contributed by atoms with van der Waals surface area (Å²) in [5.41, 5.74) is 5.26. The van der Waals surface area contributed by atoms with Crippen molar-refractivity contribution < 1.29 is 4.79 Å². The Morgan fingerprint density at radius 1 is 1.10 bits per heavy atom. The number of carbonyl (C=O) groups excluding carboxylic acids is 1. The van der Waals surface area contributed by atoms with Crippen LogP contribution in [0.15, 0.2) is 86.8 Å². The van der Waals surface area contributed by atoms with Gasteiger partial charge in [0.25, 0.3) is 5.91 Å². The summed E-state index contributed by atoms with van der Waals surface area (Å²) in [5, 5.41) is 15.5. The number of para-hydroxylation sites is 1. The molecule has 31 heavy (non-hydrogen) atoms. The number of benzene rings is 2. The van der Waals surface area contributed by atoms with Gasteiger partial charge >= 0.3 is 0 Å². The van der Waals surface area contributed by atoms with E-state index in [1.165, 1.54) is 11.8 Å². The molecule has 0 saturated carbocycles. The summed E-state index contributed by atoms with van der Waals surface area (Å²) in [4.78, 5) is 13.4. The fraction of sp³-hybridized carbons (Fsp3) is 0.0909. The molecular weight excluding hydrogens is 494 g/mol. The van der Waals surface area contributed by atoms with Gasteiger partial charge in [-0.2, -0.15) is 5.10 Å². The SMILES string of the molecule is CC(=NNC(=O)CSc1nnc(-c2ccc(Br)cc2)n1-c1ccccc1)c1cccs1. The number of nitrogens with zero attached hydrogens (tertiary/aromatic N) is 4. The topological polar surface area (TPSA) is 72.2 Å². The second-order valence-electron chi connectivity index (χ2n) is 6.48. The Kier molecular flexibility index (Phi) is 6.96. The lowest BCUT2D eigenvalue weighted by molar-refractivity contribution is -0.118. The zero-order valence-electron chi connectivity index (χ0n) is 16.5. The molecule has 4 aromatic rings. The molecule has 156 valence electrons. The molecule has 9 heteroatoms. The zero-order chi connectivity index (χ0) is 21.6. The van der Waals surface area contributed by atoms with E-state index < -0.39 is 0 Å². The van der Waals surface area contributed by atoms with Gasteiger partial charge in [0.05, 0.1) is 11.5 Å². The van der Waals surface area contributed by atoms with Crippen LogP contribution in [-0.4, -0.2) is 32.1 Å². The highest BCUT2D eigenvalue weighted by molar-refractivity contribution is 9.10. The fourth-order valence-electron chi connectivity index (χ4n) is 2.81. The smallest absolute Gasteiger partial charge is 0.250 e. The number of hydrazone groups is 1. The molecule has 6 nitrogen and oxygen atoms in total. The van der Waals surface area contributed by atoms with Crippen molar-refractivity contribution in [2.24, 2.45) is 5.10 Å². The minimum Gasteiger partial charge on any atom is -0.272 e. The van der Waals surface area contributed by atoms with E-state index in [0.717, 1.165) is 26.3 Å². The molecule has 4 rings (SSSR count). The Morgan fingerprint density at radius 3 is 2.58 bits per heavy atom. The van der Waals surface area contributed by atoms with Crippen LogP contribution in [0.1, 0.15) is 11.8 Å². The number of hydrogen-bond donors (Lipinski definition) is 1. The largest absolute Gasteiger partial charge is 0.272 e. The average molecular weight is 512 g/mol. The van der Waals surface area contributed by atoms with Gasteiger partial charge in [-0.05, 0) is 42.6 Å². The number of thioether (sulfide) groups is 1. The summed E-state index contributed by atoms with van der Waals surface area (Å²) in [6.45, 7) is 1.87. The third kappa shape index (κ3) is 5.30. The summed E-state index contributed by atoms with van der Waals surface area (Å²) in [7, 11) is 0. The summed E-state index contributed by atoms with van der Waals surface area (Å²) in [6.07, 6.45) is 0. The molecule has 0 saturated heterocycles. The van der Waals surface area contributed by atoms with Crippen LogP contribution in [0.3, 0.4) is 0 Å². The standard InChI is InChI=1S/C22H18BrN5OS2/c1-15(19-8-5-13-30-19)24-25-20(29)14-31-22-27-26-21(16-9-11-17(23)12-10-16)28(22)18-6-3-2-4-7-18/h2-13H,14H2,1H3,(H,25,29). The van der Waals surface area contributed by atoms with Crippen LogP contribution in [0.2, 0.25) is 0 Å². The van der Waals surface area contributed by atoms with Crippen molar-refractivity contribution in [3.05, 3.63) is 81.5 Å². The van der Waals surface area contributed by atoms with Crippen molar-refractivity contribution in [2.45, 2.75) is 12.1 Å². The lowest BCUT2D eigenvalue weighted by Gasteiger charge is -2.10. The number of rotatable bonds is 7. The molecule has 1 amide bonds. The first kappa shape index (κ1) is 21.5. The van der Waals surface area contributed by atoms with Crippen LogP contribution in [0, 0.1) is 0 Å². The Balaban J connectivity index is 1.53. The predicted molar refractivity (Wildman–Crippen MR) is 130 cm³/mol. The van der Waals surface area contributed by atoms with Gasteiger partial charge in [0.15, 0.2) is 11.0 Å². The van der Waals surface area contributed by atoms with E-state index in [2.05, 4.69) is 36.7 Å². The first-order chi connectivity index (χ1) is 15.1. The maximum atomic E-state index is 12.4. The number of halogens is 1. The van der Waals surface area contributed by atoms with Crippen LogP contribution in [0.25, 0.3) is 17.1 Å². The lowest BCUT2D eigenvalue weighted by Crippen LogP contribution is -2.21. The minimum atomic E-state index is -0.200. The van der Waals surface area contributed by atoms with Crippen LogP contribution in [-0.2, 0) is 4.79 Å². The van der Waals surface area contributed by atoms with E-state index in [9.17, 15) is 4.79 Å². The van der Waals surface area contributed by atoms with Gasteiger partial charge in [-0.15, -0.1) is 21.5 Å². The Morgan fingerprint density at radius 2 is 1.87 bits per heavy atom. The number of amides is 1. The molecule has 1 N–H and O–H groups in total. The van der Waals surface area contributed by atoms with Crippen LogP contribution in [0.4, 0.5) is 0 Å². The fourth-order valence-corrected chi connectivity index (χ4v) is 4.49. The van der Waals surface area contributed by atoms with Crippen molar-refractivity contribution in [3.8, 4) is 17.1 Å². The van der Waals surface area contributed by atoms with Gasteiger partial charge in [-0.25, -0.2) is 5.43 Å². The van der Waals surface area contributed by atoms with Crippen molar-refractivity contribution in [1.29, 1.82) is 0 Å². The molecular formula is C22H18BrN5OS2. The van der Waals surface area contributed by atoms with Gasteiger partial charge in [-0.3, -0.25) is 9.36 Å². The molecule has 0 aliphatic carbocycles. The third-order valence-electron chi connectivity index (χ3n) is 4.31. The minimum absolute atomic E-state index is 0.173. The number of hydrogen-bond acceptors (Lipinski definition) is 6. The first-order valence-electron chi connectivity index (χ1n) is 9.38. The molecule has 2 aromatic carbocycles. The molecule has 0 atom stereocenters. The van der Waals surface area contributed by atoms with Crippen LogP contribution in [0.5, 0.6) is 0 Å². The normalized spacial score (nSPS) is 11.5. The number of aromatic nitrogens is 3. The first-order valence-corrected chi connectivity index (χ1v) is 12.0. The van der Waals surface area contributed by atoms with E-state index >= 15 is 0 Å². The van der Waals surface area contributed by atoms with E-state index in [1.54, 1.807) is 11.3 Å². The molecule has 2 aromatic heterocycles. The molecule has 0 aliphatic heterocycles. The van der Waals surface area contributed by atoms with Crippen molar-refractivity contribution in [2.75, 3.05) is 5.75 Å². The highest BCUT2D eigenvalue weighted by atomic mass is 79.9. The van der Waals surface area contributed by atoms with Crippen molar-refractivity contribution in [1.82, 2.24) is 20.2 Å². The number of thiophene rings is 1. The molecule has 0 bridgehead atoms. The van der Waals surface area contributed by atoms with Gasteiger partial charge < -0.3 is 0 Å². The van der Waals surface area contributed by atoms with Crippen LogP contribution >= 0.6 is 39.0 Å². The summed E-state index contributed by atoms with van der Waals surface area (Å²) in [5.74, 6) is 0.689. The van der Waals surface area contributed by atoms with Gasteiger partial charge in [0.1, 0.15) is 0 Å². The second-order valence-corrected chi connectivity index (χ2v) is 9.29. The molecule has 0 fully saturated rings. The van der Waals surface area contributed by atoms with Gasteiger partial charge in [0.2, 0.25) is 0 Å². The second kappa shape index (κ2) is 10.0. The molecule has 2 heterocycles. The predicted octanol–water partition coefficient (Wildman–Crippen LogP) is 5.39. The third-order valence-corrected chi connectivity index (χ3v) is 6.74. The Bertz CT molecular complexity index is 1190. The van der Waals surface area contributed by atoms with E-state index in [1.807, 2.05) is 83.6 Å². The van der Waals surface area contributed by atoms with Gasteiger partial charge in [-0.1, -0.05) is 64.1 Å².